The average molecular weight is 324 g/mol. The predicted octanol–water partition coefficient (Wildman–Crippen LogP) is 4.13. The van der Waals surface area contributed by atoms with Gasteiger partial charge in [0, 0.05) is 10.9 Å². The molecule has 1 aromatic rings. The Kier molecular flexibility index (Phi) is 4.67. The van der Waals surface area contributed by atoms with Gasteiger partial charge in [0.2, 0.25) is 0 Å². The molecule has 1 fully saturated rings. The summed E-state index contributed by atoms with van der Waals surface area (Å²) < 4.78 is 0. The van der Waals surface area contributed by atoms with Gasteiger partial charge >= 0.3 is 0 Å². The van der Waals surface area contributed by atoms with E-state index in [4.69, 9.17) is 0 Å². The number of carbonyl (C=O) groups is 1. The highest BCUT2D eigenvalue weighted by Gasteiger charge is 2.32. The van der Waals surface area contributed by atoms with Crippen LogP contribution in [0.2, 0.25) is 0 Å². The van der Waals surface area contributed by atoms with Gasteiger partial charge in [-0.25, -0.2) is 0 Å². The lowest BCUT2D eigenvalue weighted by atomic mass is 9.83. The van der Waals surface area contributed by atoms with Crippen molar-refractivity contribution in [2.45, 2.75) is 51.5 Å². The molecule has 0 heterocycles. The fraction of sp³-hybridized carbons (Fsp3) is 0.562. The van der Waals surface area contributed by atoms with Crippen molar-refractivity contribution in [2.75, 3.05) is 5.33 Å². The molecule has 1 aliphatic rings. The predicted molar refractivity (Wildman–Crippen MR) is 83.0 cm³/mol. The second-order valence-corrected chi connectivity index (χ2v) is 6.31. The number of nitrogens with one attached hydrogen (secondary N) is 1. The first-order chi connectivity index (χ1) is 9.06. The van der Waals surface area contributed by atoms with Crippen LogP contribution in [0, 0.1) is 13.8 Å². The van der Waals surface area contributed by atoms with Crippen molar-refractivity contribution in [3.63, 3.8) is 0 Å². The van der Waals surface area contributed by atoms with Crippen molar-refractivity contribution in [1.29, 1.82) is 0 Å². The van der Waals surface area contributed by atoms with Gasteiger partial charge in [-0.1, -0.05) is 52.9 Å². The molecule has 1 N–H and O–H groups in total. The molecule has 2 nitrogen and oxygen atoms in total. The van der Waals surface area contributed by atoms with Crippen LogP contribution in [-0.2, 0) is 0 Å². The van der Waals surface area contributed by atoms with Crippen LogP contribution in [0.5, 0.6) is 0 Å². The Morgan fingerprint density at radius 1 is 1.26 bits per heavy atom. The first-order valence-electron chi connectivity index (χ1n) is 7.02. The van der Waals surface area contributed by atoms with Crippen molar-refractivity contribution >= 4 is 21.8 Å². The van der Waals surface area contributed by atoms with Crippen molar-refractivity contribution in [3.05, 3.63) is 34.9 Å². The second kappa shape index (κ2) is 6.08. The van der Waals surface area contributed by atoms with Gasteiger partial charge in [-0.05, 0) is 38.3 Å². The minimum atomic E-state index is -0.0489. The van der Waals surface area contributed by atoms with E-state index >= 15 is 0 Å². The highest BCUT2D eigenvalue weighted by atomic mass is 79.9. The molecule has 1 aromatic carbocycles. The van der Waals surface area contributed by atoms with E-state index in [-0.39, 0.29) is 11.4 Å². The van der Waals surface area contributed by atoms with Crippen LogP contribution in [0.1, 0.15) is 53.6 Å². The minimum Gasteiger partial charge on any atom is -0.346 e. The molecule has 0 aromatic heterocycles. The van der Waals surface area contributed by atoms with Crippen LogP contribution in [0.4, 0.5) is 0 Å². The zero-order valence-corrected chi connectivity index (χ0v) is 13.3. The standard InChI is InChI=1S/C16H22BrNO/c1-12-6-7-14(13(2)10-12)15(19)18-16(11-17)8-4-3-5-9-16/h6-7,10H,3-5,8-9,11H2,1-2H3,(H,18,19). The number of rotatable bonds is 3. The van der Waals surface area contributed by atoms with Crippen LogP contribution in [0.25, 0.3) is 0 Å². The van der Waals surface area contributed by atoms with Crippen molar-refractivity contribution in [1.82, 2.24) is 5.32 Å². The molecule has 1 amide bonds. The molecule has 0 aliphatic heterocycles. The lowest BCUT2D eigenvalue weighted by Gasteiger charge is -2.36. The Morgan fingerprint density at radius 2 is 1.95 bits per heavy atom. The molecule has 1 aliphatic carbocycles. The van der Waals surface area contributed by atoms with Crippen molar-refractivity contribution in [3.8, 4) is 0 Å². The smallest absolute Gasteiger partial charge is 0.252 e. The van der Waals surface area contributed by atoms with E-state index < -0.39 is 0 Å². The van der Waals surface area contributed by atoms with Crippen molar-refractivity contribution in [2.24, 2.45) is 0 Å². The molecule has 0 unspecified atom stereocenters. The van der Waals surface area contributed by atoms with E-state index in [1.54, 1.807) is 0 Å². The molecule has 1 saturated carbocycles. The number of hydrogen-bond acceptors (Lipinski definition) is 1. The number of halogens is 1. The summed E-state index contributed by atoms with van der Waals surface area (Å²) in [5.74, 6) is 0.0684. The molecule has 0 bridgehead atoms. The Bertz CT molecular complexity index is 464. The molecule has 0 spiro atoms. The maximum absolute atomic E-state index is 12.5. The summed E-state index contributed by atoms with van der Waals surface area (Å²) in [7, 11) is 0. The number of alkyl halides is 1. The van der Waals surface area contributed by atoms with E-state index in [2.05, 4.69) is 34.2 Å². The SMILES string of the molecule is Cc1ccc(C(=O)NC2(CBr)CCCCC2)c(C)c1. The van der Waals surface area contributed by atoms with Crippen LogP contribution in [0.3, 0.4) is 0 Å². The van der Waals surface area contributed by atoms with Crippen LogP contribution >= 0.6 is 15.9 Å². The molecule has 0 radical (unpaired) electrons. The van der Waals surface area contributed by atoms with E-state index in [1.807, 2.05) is 19.1 Å². The molecular weight excluding hydrogens is 302 g/mol. The van der Waals surface area contributed by atoms with Gasteiger partial charge in [-0.15, -0.1) is 0 Å². The number of aryl methyl sites for hydroxylation is 2. The molecular formula is C16H22BrNO. The summed E-state index contributed by atoms with van der Waals surface area (Å²) in [4.78, 5) is 12.5. The Hall–Kier alpha value is -0.830. The zero-order chi connectivity index (χ0) is 13.9. The summed E-state index contributed by atoms with van der Waals surface area (Å²) in [5, 5.41) is 4.12. The first kappa shape index (κ1) is 14.6. The van der Waals surface area contributed by atoms with Gasteiger partial charge in [0.25, 0.3) is 5.91 Å². The Labute approximate surface area is 124 Å². The normalized spacial score (nSPS) is 18.1. The summed E-state index contributed by atoms with van der Waals surface area (Å²) in [5.41, 5.74) is 3.00. The summed E-state index contributed by atoms with van der Waals surface area (Å²) in [6, 6.07) is 6.00. The fourth-order valence-corrected chi connectivity index (χ4v) is 3.60. The van der Waals surface area contributed by atoms with E-state index in [0.717, 1.165) is 29.3 Å². The number of carbonyl (C=O) groups excluding carboxylic acids is 1. The molecule has 104 valence electrons. The van der Waals surface area contributed by atoms with E-state index in [9.17, 15) is 4.79 Å². The van der Waals surface area contributed by atoms with Crippen LogP contribution in [-0.4, -0.2) is 16.8 Å². The van der Waals surface area contributed by atoms with Gasteiger partial charge in [0.05, 0.1) is 5.54 Å². The number of hydrogen-bond donors (Lipinski definition) is 1. The van der Waals surface area contributed by atoms with Gasteiger partial charge in [0.15, 0.2) is 0 Å². The molecule has 0 saturated heterocycles. The highest BCUT2D eigenvalue weighted by molar-refractivity contribution is 9.09. The first-order valence-corrected chi connectivity index (χ1v) is 8.14. The third-order valence-electron chi connectivity index (χ3n) is 4.07. The quantitative estimate of drug-likeness (QED) is 0.832. The fourth-order valence-electron chi connectivity index (χ4n) is 2.90. The number of amides is 1. The third-order valence-corrected chi connectivity index (χ3v) is 5.15. The van der Waals surface area contributed by atoms with Gasteiger partial charge in [-0.2, -0.15) is 0 Å². The highest BCUT2D eigenvalue weighted by Crippen LogP contribution is 2.30. The molecule has 19 heavy (non-hydrogen) atoms. The van der Waals surface area contributed by atoms with Crippen LogP contribution < -0.4 is 5.32 Å². The summed E-state index contributed by atoms with van der Waals surface area (Å²) in [6.45, 7) is 4.05. The third kappa shape index (κ3) is 3.38. The lowest BCUT2D eigenvalue weighted by molar-refractivity contribution is 0.0886. The van der Waals surface area contributed by atoms with E-state index in [0.29, 0.717) is 0 Å². The largest absolute Gasteiger partial charge is 0.346 e. The summed E-state index contributed by atoms with van der Waals surface area (Å²) in [6.07, 6.45) is 5.86. The molecule has 3 heteroatoms. The van der Waals surface area contributed by atoms with Gasteiger partial charge in [-0.3, -0.25) is 4.79 Å². The van der Waals surface area contributed by atoms with Gasteiger partial charge in [0.1, 0.15) is 0 Å². The molecule has 0 atom stereocenters. The number of benzene rings is 1. The summed E-state index contributed by atoms with van der Waals surface area (Å²) >= 11 is 3.58. The lowest BCUT2D eigenvalue weighted by Crippen LogP contribution is -2.51. The topological polar surface area (TPSA) is 29.1 Å². The minimum absolute atomic E-state index is 0.0489. The zero-order valence-electron chi connectivity index (χ0n) is 11.8. The Morgan fingerprint density at radius 3 is 2.53 bits per heavy atom. The second-order valence-electron chi connectivity index (χ2n) is 5.75. The monoisotopic (exact) mass is 323 g/mol. The average Bonchev–Trinajstić information content (AvgIpc) is 2.39. The van der Waals surface area contributed by atoms with Gasteiger partial charge < -0.3 is 5.32 Å². The molecule has 2 rings (SSSR count). The van der Waals surface area contributed by atoms with Crippen molar-refractivity contribution < 1.29 is 4.79 Å². The van der Waals surface area contributed by atoms with E-state index in [1.165, 1.54) is 24.8 Å². The Balaban J connectivity index is 2.15. The van der Waals surface area contributed by atoms with Crippen LogP contribution in [0.15, 0.2) is 18.2 Å². The maximum atomic E-state index is 12.5. The maximum Gasteiger partial charge on any atom is 0.252 e.